The maximum Gasteiger partial charge on any atom is 0.240 e. The minimum Gasteiger partial charge on any atom is -0.357 e. The van der Waals surface area contributed by atoms with Crippen LogP contribution in [0.3, 0.4) is 0 Å². The molecule has 0 spiro atoms. The van der Waals surface area contributed by atoms with Crippen LogP contribution in [0.15, 0.2) is 64.5 Å². The first kappa shape index (κ1) is 21.3. The van der Waals surface area contributed by atoms with Gasteiger partial charge in [0.05, 0.1) is 11.4 Å². The second-order valence-corrected chi connectivity index (χ2v) is 9.29. The lowest BCUT2D eigenvalue weighted by Gasteiger charge is -2.43. The molecule has 29 heavy (non-hydrogen) atoms. The molecule has 1 fully saturated rings. The summed E-state index contributed by atoms with van der Waals surface area (Å²) in [5, 5.41) is 6.81. The van der Waals surface area contributed by atoms with E-state index in [1.54, 1.807) is 24.3 Å². The van der Waals surface area contributed by atoms with Crippen LogP contribution in [0.25, 0.3) is 0 Å². The van der Waals surface area contributed by atoms with E-state index in [4.69, 9.17) is 0 Å². The van der Waals surface area contributed by atoms with Crippen molar-refractivity contribution < 1.29 is 8.42 Å². The Kier molecular flexibility index (Phi) is 6.92. The number of hydrogen-bond donors (Lipinski definition) is 3. The van der Waals surface area contributed by atoms with Gasteiger partial charge in [-0.2, -0.15) is 0 Å². The predicted molar refractivity (Wildman–Crippen MR) is 117 cm³/mol. The molecule has 3 N–H and O–H groups in total. The molecule has 0 saturated heterocycles. The van der Waals surface area contributed by atoms with Crippen LogP contribution in [-0.4, -0.2) is 34.5 Å². The van der Waals surface area contributed by atoms with Crippen molar-refractivity contribution in [3.8, 4) is 0 Å². The van der Waals surface area contributed by atoms with Crippen LogP contribution in [-0.2, 0) is 22.0 Å². The van der Waals surface area contributed by atoms with Gasteiger partial charge in [-0.1, -0.05) is 48.9 Å². The third kappa shape index (κ3) is 5.16. The Morgan fingerprint density at radius 1 is 1.03 bits per heavy atom. The summed E-state index contributed by atoms with van der Waals surface area (Å²) >= 11 is 0. The zero-order valence-electron chi connectivity index (χ0n) is 17.1. The molecular formula is C22H30N4O2S. The number of rotatable bonds is 8. The van der Waals surface area contributed by atoms with Gasteiger partial charge in [0.2, 0.25) is 10.0 Å². The van der Waals surface area contributed by atoms with E-state index in [0.717, 1.165) is 24.6 Å². The highest BCUT2D eigenvalue weighted by atomic mass is 32.2. The molecule has 0 radical (unpaired) electrons. The molecule has 7 heteroatoms. The van der Waals surface area contributed by atoms with Gasteiger partial charge < -0.3 is 10.6 Å². The van der Waals surface area contributed by atoms with Gasteiger partial charge >= 0.3 is 0 Å². The van der Waals surface area contributed by atoms with Crippen molar-refractivity contribution in [3.63, 3.8) is 0 Å². The fraction of sp³-hybridized carbons (Fsp3) is 0.409. The van der Waals surface area contributed by atoms with Crippen molar-refractivity contribution >= 4 is 16.0 Å². The SMILES string of the molecule is CCNC(=NCc1ccc(S(=O)(=O)NC)cc1)NCC1(c2ccccc2)CCC1. The van der Waals surface area contributed by atoms with Gasteiger partial charge in [0.1, 0.15) is 0 Å². The number of nitrogens with zero attached hydrogens (tertiary/aromatic N) is 1. The lowest BCUT2D eigenvalue weighted by Crippen LogP contribution is -2.48. The second-order valence-electron chi connectivity index (χ2n) is 7.40. The van der Waals surface area contributed by atoms with Crippen molar-refractivity contribution in [1.82, 2.24) is 15.4 Å². The smallest absolute Gasteiger partial charge is 0.240 e. The van der Waals surface area contributed by atoms with Crippen LogP contribution in [0.4, 0.5) is 0 Å². The number of aliphatic imine (C=N–C) groups is 1. The molecule has 0 unspecified atom stereocenters. The molecule has 156 valence electrons. The van der Waals surface area contributed by atoms with Gasteiger partial charge in [-0.3, -0.25) is 0 Å². The summed E-state index contributed by atoms with van der Waals surface area (Å²) in [5.74, 6) is 0.779. The first-order chi connectivity index (χ1) is 14.0. The molecule has 0 atom stereocenters. The van der Waals surface area contributed by atoms with E-state index in [-0.39, 0.29) is 10.3 Å². The fourth-order valence-electron chi connectivity index (χ4n) is 3.62. The van der Waals surface area contributed by atoms with E-state index in [1.807, 2.05) is 6.92 Å². The average Bonchev–Trinajstić information content (AvgIpc) is 2.72. The van der Waals surface area contributed by atoms with Crippen molar-refractivity contribution in [2.45, 2.75) is 43.0 Å². The zero-order valence-corrected chi connectivity index (χ0v) is 17.9. The Labute approximate surface area is 173 Å². The van der Waals surface area contributed by atoms with Gasteiger partial charge in [-0.15, -0.1) is 0 Å². The predicted octanol–water partition coefficient (Wildman–Crippen LogP) is 2.77. The van der Waals surface area contributed by atoms with E-state index in [9.17, 15) is 8.42 Å². The third-order valence-electron chi connectivity index (χ3n) is 5.56. The van der Waals surface area contributed by atoms with Crippen molar-refractivity contribution in [2.24, 2.45) is 4.99 Å². The number of nitrogens with one attached hydrogen (secondary N) is 3. The van der Waals surface area contributed by atoms with E-state index in [0.29, 0.717) is 6.54 Å². The van der Waals surface area contributed by atoms with Crippen LogP contribution in [0.1, 0.15) is 37.3 Å². The van der Waals surface area contributed by atoms with Gasteiger partial charge in [0, 0.05) is 18.5 Å². The number of sulfonamides is 1. The summed E-state index contributed by atoms with van der Waals surface area (Å²) in [7, 11) is -2.00. The Bertz CT molecular complexity index is 921. The Morgan fingerprint density at radius 3 is 2.28 bits per heavy atom. The molecule has 0 heterocycles. The second kappa shape index (κ2) is 9.41. The molecular weight excluding hydrogens is 384 g/mol. The molecule has 0 bridgehead atoms. The maximum absolute atomic E-state index is 11.8. The Balaban J connectivity index is 1.66. The standard InChI is InChI=1S/C22H30N4O2S/c1-3-24-21(25-16-18-10-12-20(13-11-18)29(27,28)23-2)26-17-22(14-7-15-22)19-8-5-4-6-9-19/h4-6,8-13,23H,3,7,14-17H2,1-2H3,(H2,24,25,26). The van der Waals surface area contributed by atoms with Gasteiger partial charge in [0.15, 0.2) is 5.96 Å². The summed E-state index contributed by atoms with van der Waals surface area (Å²) in [4.78, 5) is 4.94. The molecule has 0 amide bonds. The zero-order chi connectivity index (χ0) is 20.7. The largest absolute Gasteiger partial charge is 0.357 e. The topological polar surface area (TPSA) is 82.6 Å². The molecule has 0 aromatic heterocycles. The average molecular weight is 415 g/mol. The normalized spacial score (nSPS) is 16.1. The van der Waals surface area contributed by atoms with E-state index < -0.39 is 10.0 Å². The van der Waals surface area contributed by atoms with E-state index in [1.165, 1.54) is 31.9 Å². The summed E-state index contributed by atoms with van der Waals surface area (Å²) in [5.41, 5.74) is 2.52. The number of guanidine groups is 1. The fourth-order valence-corrected chi connectivity index (χ4v) is 4.35. The molecule has 0 aliphatic heterocycles. The first-order valence-electron chi connectivity index (χ1n) is 10.1. The van der Waals surface area contributed by atoms with Crippen LogP contribution < -0.4 is 15.4 Å². The van der Waals surface area contributed by atoms with Gasteiger partial charge in [0.25, 0.3) is 0 Å². The molecule has 2 aromatic carbocycles. The molecule has 6 nitrogen and oxygen atoms in total. The third-order valence-corrected chi connectivity index (χ3v) is 6.99. The van der Waals surface area contributed by atoms with Crippen molar-refractivity contribution in [3.05, 3.63) is 65.7 Å². The Hall–Kier alpha value is -2.38. The lowest BCUT2D eigenvalue weighted by molar-refractivity contribution is 0.244. The quantitative estimate of drug-likeness (QED) is 0.458. The highest BCUT2D eigenvalue weighted by Gasteiger charge is 2.38. The molecule has 1 saturated carbocycles. The van der Waals surface area contributed by atoms with Crippen LogP contribution in [0.5, 0.6) is 0 Å². The summed E-state index contributed by atoms with van der Waals surface area (Å²) in [6, 6.07) is 17.5. The number of benzene rings is 2. The first-order valence-corrected chi connectivity index (χ1v) is 11.6. The minimum absolute atomic E-state index is 0.181. The maximum atomic E-state index is 11.8. The minimum atomic E-state index is -3.41. The number of hydrogen-bond acceptors (Lipinski definition) is 3. The lowest BCUT2D eigenvalue weighted by atomic mass is 9.64. The van der Waals surface area contributed by atoms with Crippen LogP contribution >= 0.6 is 0 Å². The summed E-state index contributed by atoms with van der Waals surface area (Å²) in [6.45, 7) is 4.16. The van der Waals surface area contributed by atoms with Crippen molar-refractivity contribution in [1.29, 1.82) is 0 Å². The van der Waals surface area contributed by atoms with Gasteiger partial charge in [-0.05, 0) is 50.1 Å². The molecule has 2 aromatic rings. The monoisotopic (exact) mass is 414 g/mol. The van der Waals surface area contributed by atoms with Gasteiger partial charge in [-0.25, -0.2) is 18.1 Å². The molecule has 1 aliphatic rings. The van der Waals surface area contributed by atoms with Crippen LogP contribution in [0, 0.1) is 0 Å². The summed E-state index contributed by atoms with van der Waals surface area (Å²) in [6.07, 6.45) is 3.63. The Morgan fingerprint density at radius 2 is 1.72 bits per heavy atom. The summed E-state index contributed by atoms with van der Waals surface area (Å²) < 4.78 is 26.0. The van der Waals surface area contributed by atoms with E-state index in [2.05, 4.69) is 50.7 Å². The molecule has 1 aliphatic carbocycles. The van der Waals surface area contributed by atoms with Crippen LogP contribution in [0.2, 0.25) is 0 Å². The highest BCUT2D eigenvalue weighted by molar-refractivity contribution is 7.89. The van der Waals surface area contributed by atoms with E-state index >= 15 is 0 Å². The molecule has 3 rings (SSSR count). The highest BCUT2D eigenvalue weighted by Crippen LogP contribution is 2.43. The van der Waals surface area contributed by atoms with Crippen molar-refractivity contribution in [2.75, 3.05) is 20.1 Å².